The maximum atomic E-state index is 12.6. The lowest BCUT2D eigenvalue weighted by Gasteiger charge is -2.36. The van der Waals surface area contributed by atoms with Crippen LogP contribution in [0.25, 0.3) is 11.3 Å². The van der Waals surface area contributed by atoms with Crippen molar-refractivity contribution < 1.29 is 13.9 Å². The molecule has 1 unspecified atom stereocenters. The quantitative estimate of drug-likeness (QED) is 0.892. The zero-order valence-electron chi connectivity index (χ0n) is 12.6. The number of rotatable bonds is 4. The van der Waals surface area contributed by atoms with Gasteiger partial charge in [-0.3, -0.25) is 9.71 Å². The molecule has 1 amide bonds. The van der Waals surface area contributed by atoms with Crippen molar-refractivity contribution >= 4 is 11.8 Å². The predicted molar refractivity (Wildman–Crippen MR) is 83.6 cm³/mol. The number of ether oxygens (including phenoxy) is 1. The predicted octanol–water partition coefficient (Wildman–Crippen LogP) is 4.08. The number of H-pyrrole nitrogens is 1. The molecule has 1 aromatic carbocycles. The largest absolute Gasteiger partial charge is 0.438 e. The van der Waals surface area contributed by atoms with Crippen LogP contribution < -0.4 is 5.32 Å². The van der Waals surface area contributed by atoms with Crippen LogP contribution in [-0.2, 0) is 10.3 Å². The molecular formula is C17H16FN3O2. The fraction of sp³-hybridized carbons (Fsp3) is 0.294. The van der Waals surface area contributed by atoms with Crippen molar-refractivity contribution in [3.63, 3.8) is 0 Å². The number of halogens is 1. The molecule has 1 atom stereocenters. The van der Waals surface area contributed by atoms with Gasteiger partial charge in [0.2, 0.25) is 0 Å². The second-order valence-corrected chi connectivity index (χ2v) is 5.70. The molecule has 1 aliphatic heterocycles. The monoisotopic (exact) mass is 313 g/mol. The van der Waals surface area contributed by atoms with Gasteiger partial charge in [-0.25, -0.2) is 4.79 Å². The van der Waals surface area contributed by atoms with Crippen molar-refractivity contribution in [3.05, 3.63) is 41.6 Å². The third kappa shape index (κ3) is 2.78. The number of cyclic esters (lactones) is 1. The van der Waals surface area contributed by atoms with Crippen molar-refractivity contribution in [1.82, 2.24) is 4.98 Å². The summed E-state index contributed by atoms with van der Waals surface area (Å²) >= 11 is 0. The second-order valence-electron chi connectivity index (χ2n) is 5.70. The van der Waals surface area contributed by atoms with Crippen LogP contribution in [-0.4, -0.2) is 17.8 Å². The highest BCUT2D eigenvalue weighted by atomic mass is 19.1. The van der Waals surface area contributed by atoms with Crippen LogP contribution in [0, 0.1) is 11.3 Å². The SMILES string of the molecule is CC1(CCCF)OC(=O)Nc2ccc(-c3ccc(C#N)[nH]3)cc21. The lowest BCUT2D eigenvalue weighted by atomic mass is 9.87. The van der Waals surface area contributed by atoms with Gasteiger partial charge >= 0.3 is 6.09 Å². The average Bonchev–Trinajstić information content (AvgIpc) is 3.01. The lowest BCUT2D eigenvalue weighted by molar-refractivity contribution is 0.0169. The molecule has 2 N–H and O–H groups in total. The number of hydrogen-bond donors (Lipinski definition) is 2. The third-order valence-electron chi connectivity index (χ3n) is 4.05. The van der Waals surface area contributed by atoms with E-state index in [-0.39, 0.29) is 0 Å². The summed E-state index contributed by atoms with van der Waals surface area (Å²) in [5.41, 5.74) is 2.74. The average molecular weight is 313 g/mol. The molecule has 0 aliphatic carbocycles. The number of aromatic amines is 1. The molecule has 0 bridgehead atoms. The van der Waals surface area contributed by atoms with Gasteiger partial charge in [0.1, 0.15) is 17.4 Å². The molecule has 0 fully saturated rings. The number of benzene rings is 1. The van der Waals surface area contributed by atoms with Crippen molar-refractivity contribution in [1.29, 1.82) is 5.26 Å². The van der Waals surface area contributed by atoms with E-state index < -0.39 is 18.4 Å². The number of nitriles is 1. The first-order valence-corrected chi connectivity index (χ1v) is 7.36. The number of carbonyl (C=O) groups is 1. The Morgan fingerprint density at radius 1 is 1.35 bits per heavy atom. The zero-order chi connectivity index (χ0) is 16.4. The van der Waals surface area contributed by atoms with Crippen molar-refractivity contribution in [2.45, 2.75) is 25.4 Å². The fourth-order valence-corrected chi connectivity index (χ4v) is 2.87. The van der Waals surface area contributed by atoms with Crippen molar-refractivity contribution in [2.75, 3.05) is 12.0 Å². The summed E-state index contributed by atoms with van der Waals surface area (Å²) in [6, 6.07) is 11.1. The highest BCUT2D eigenvalue weighted by molar-refractivity contribution is 5.89. The number of nitrogens with one attached hydrogen (secondary N) is 2. The van der Waals surface area contributed by atoms with Crippen LogP contribution in [0.15, 0.2) is 30.3 Å². The summed E-state index contributed by atoms with van der Waals surface area (Å²) in [5, 5.41) is 11.6. The van der Waals surface area contributed by atoms with Crippen LogP contribution in [0.2, 0.25) is 0 Å². The normalized spacial score (nSPS) is 19.4. The number of alkyl halides is 1. The maximum Gasteiger partial charge on any atom is 0.412 e. The Morgan fingerprint density at radius 3 is 2.87 bits per heavy atom. The molecule has 2 aromatic rings. The first-order valence-electron chi connectivity index (χ1n) is 7.36. The Balaban J connectivity index is 2.04. The number of hydrogen-bond acceptors (Lipinski definition) is 3. The zero-order valence-corrected chi connectivity index (χ0v) is 12.6. The molecule has 0 saturated heterocycles. The summed E-state index contributed by atoms with van der Waals surface area (Å²) in [4.78, 5) is 14.7. The van der Waals surface area contributed by atoms with Gasteiger partial charge in [0, 0.05) is 11.3 Å². The van der Waals surface area contributed by atoms with Crippen LogP contribution >= 0.6 is 0 Å². The summed E-state index contributed by atoms with van der Waals surface area (Å²) < 4.78 is 18.0. The van der Waals surface area contributed by atoms with E-state index in [0.717, 1.165) is 16.8 Å². The van der Waals surface area contributed by atoms with E-state index in [1.807, 2.05) is 18.2 Å². The molecule has 1 aromatic heterocycles. The van der Waals surface area contributed by atoms with Crippen molar-refractivity contribution in [2.24, 2.45) is 0 Å². The molecule has 1 aliphatic rings. The minimum absolute atomic E-state index is 0.314. The highest BCUT2D eigenvalue weighted by Crippen LogP contribution is 2.41. The Hall–Kier alpha value is -2.81. The highest BCUT2D eigenvalue weighted by Gasteiger charge is 2.37. The molecule has 118 valence electrons. The lowest BCUT2D eigenvalue weighted by Crippen LogP contribution is -2.37. The molecule has 23 heavy (non-hydrogen) atoms. The number of anilines is 1. The van der Waals surface area contributed by atoms with E-state index in [1.54, 1.807) is 19.1 Å². The van der Waals surface area contributed by atoms with Crippen LogP contribution in [0.1, 0.15) is 31.0 Å². The van der Waals surface area contributed by atoms with E-state index in [0.29, 0.717) is 24.2 Å². The Bertz CT molecular complexity index is 793. The summed E-state index contributed by atoms with van der Waals surface area (Å²) in [6.45, 7) is 1.33. The first kappa shape index (κ1) is 15.1. The molecule has 6 heteroatoms. The number of nitrogens with zero attached hydrogens (tertiary/aromatic N) is 1. The molecule has 3 rings (SSSR count). The van der Waals surface area contributed by atoms with Crippen LogP contribution in [0.5, 0.6) is 0 Å². The summed E-state index contributed by atoms with van der Waals surface area (Å²) in [6.07, 6.45) is 0.189. The Morgan fingerprint density at radius 2 is 2.17 bits per heavy atom. The minimum Gasteiger partial charge on any atom is -0.438 e. The van der Waals surface area contributed by atoms with E-state index in [2.05, 4.69) is 16.4 Å². The number of fused-ring (bicyclic) bond motifs is 1. The van der Waals surface area contributed by atoms with Gasteiger partial charge in [-0.15, -0.1) is 0 Å². The molecule has 0 spiro atoms. The fourth-order valence-electron chi connectivity index (χ4n) is 2.87. The molecule has 5 nitrogen and oxygen atoms in total. The maximum absolute atomic E-state index is 12.6. The molecular weight excluding hydrogens is 297 g/mol. The van der Waals surface area contributed by atoms with Gasteiger partial charge in [-0.2, -0.15) is 5.26 Å². The van der Waals surface area contributed by atoms with Gasteiger partial charge < -0.3 is 9.72 Å². The molecule has 0 saturated carbocycles. The van der Waals surface area contributed by atoms with Gasteiger partial charge in [-0.05, 0) is 49.6 Å². The van der Waals surface area contributed by atoms with Gasteiger partial charge in [-0.1, -0.05) is 6.07 Å². The standard InChI is InChI=1S/C17H16FN3O2/c1-17(7-2-8-18)13-9-11(14-6-4-12(10-19)20-14)3-5-15(13)21-16(22)23-17/h3-6,9,20H,2,7-8H2,1H3,(H,21,22). The number of amides is 1. The van der Waals surface area contributed by atoms with Gasteiger partial charge in [0.25, 0.3) is 0 Å². The number of aromatic nitrogens is 1. The van der Waals surface area contributed by atoms with E-state index in [9.17, 15) is 9.18 Å². The number of carbonyl (C=O) groups excluding carboxylic acids is 1. The van der Waals surface area contributed by atoms with Crippen LogP contribution in [0.4, 0.5) is 14.9 Å². The molecule has 2 heterocycles. The topological polar surface area (TPSA) is 77.9 Å². The summed E-state index contributed by atoms with van der Waals surface area (Å²) in [5.74, 6) is 0. The van der Waals surface area contributed by atoms with Crippen LogP contribution in [0.3, 0.4) is 0 Å². The Labute approximate surface area is 133 Å². The first-order chi connectivity index (χ1) is 11.1. The van der Waals surface area contributed by atoms with Gasteiger partial charge in [0.15, 0.2) is 0 Å². The Kier molecular flexibility index (Phi) is 3.78. The van der Waals surface area contributed by atoms with Gasteiger partial charge in [0.05, 0.1) is 12.4 Å². The second kappa shape index (κ2) is 5.76. The summed E-state index contributed by atoms with van der Waals surface area (Å²) in [7, 11) is 0. The van der Waals surface area contributed by atoms with E-state index in [4.69, 9.17) is 10.00 Å². The third-order valence-corrected chi connectivity index (χ3v) is 4.05. The van der Waals surface area contributed by atoms with E-state index >= 15 is 0 Å². The van der Waals surface area contributed by atoms with Crippen molar-refractivity contribution in [3.8, 4) is 17.3 Å². The smallest absolute Gasteiger partial charge is 0.412 e. The minimum atomic E-state index is -0.871. The molecule has 0 radical (unpaired) electrons. The van der Waals surface area contributed by atoms with E-state index in [1.165, 1.54) is 0 Å².